The maximum atomic E-state index is 11.5. The normalized spacial score (nSPS) is 15.8. The molecule has 0 aliphatic rings. The lowest BCUT2D eigenvalue weighted by Gasteiger charge is -2.28. The predicted octanol–water partition coefficient (Wildman–Crippen LogP) is -1.17. The maximum absolute atomic E-state index is 11.5. The average Bonchev–Trinajstić information content (AvgIpc) is 2.85. The number of carboxylic acid groups (broad SMARTS) is 1. The lowest BCUT2D eigenvalue weighted by molar-refractivity contribution is -0.140. The molecule has 0 spiro atoms. The molecule has 0 bridgehead atoms. The number of carbonyl (C=O) groups excluding carboxylic acids is 1. The van der Waals surface area contributed by atoms with Crippen molar-refractivity contribution in [3.05, 3.63) is 18.2 Å². The Morgan fingerprint density at radius 3 is 2.55 bits per heavy atom. The molecule has 3 unspecified atom stereocenters. The Morgan fingerprint density at radius 1 is 1.50 bits per heavy atom. The number of nitrogens with two attached hydrogens (primary N) is 2. The van der Waals surface area contributed by atoms with Crippen LogP contribution < -0.4 is 16.8 Å². The molecule has 1 rings (SSSR count). The lowest BCUT2D eigenvalue weighted by Crippen LogP contribution is -2.59. The van der Waals surface area contributed by atoms with Crippen LogP contribution in [0.1, 0.15) is 19.5 Å². The van der Waals surface area contributed by atoms with Crippen molar-refractivity contribution in [3.63, 3.8) is 0 Å². The fraction of sp³-hybridized carbons (Fsp3) is 0.583. The van der Waals surface area contributed by atoms with E-state index in [1.807, 2.05) is 13.8 Å². The van der Waals surface area contributed by atoms with E-state index in [1.54, 1.807) is 0 Å². The van der Waals surface area contributed by atoms with Gasteiger partial charge in [0.05, 0.1) is 6.33 Å². The zero-order valence-corrected chi connectivity index (χ0v) is 11.5. The first-order valence-electron chi connectivity index (χ1n) is 6.34. The summed E-state index contributed by atoms with van der Waals surface area (Å²) in [5, 5.41) is 12.0. The molecule has 8 heteroatoms. The fourth-order valence-electron chi connectivity index (χ4n) is 1.82. The number of primary amides is 1. The van der Waals surface area contributed by atoms with Gasteiger partial charge in [0.1, 0.15) is 12.1 Å². The zero-order chi connectivity index (χ0) is 15.3. The minimum Gasteiger partial charge on any atom is -0.480 e. The molecule has 0 saturated heterocycles. The topological polar surface area (TPSA) is 147 Å². The third kappa shape index (κ3) is 4.32. The molecule has 0 saturated carbocycles. The van der Waals surface area contributed by atoms with E-state index in [2.05, 4.69) is 15.3 Å². The highest BCUT2D eigenvalue weighted by atomic mass is 16.4. The number of carboxylic acids is 1. The third-order valence-electron chi connectivity index (χ3n) is 3.12. The van der Waals surface area contributed by atoms with E-state index in [-0.39, 0.29) is 12.3 Å². The summed E-state index contributed by atoms with van der Waals surface area (Å²) in [6, 6.07) is -2.44. The summed E-state index contributed by atoms with van der Waals surface area (Å²) in [6.07, 6.45) is 3.14. The molecular weight excluding hydrogens is 262 g/mol. The highest BCUT2D eigenvalue weighted by Crippen LogP contribution is 2.07. The van der Waals surface area contributed by atoms with Crippen molar-refractivity contribution in [1.82, 2.24) is 15.3 Å². The van der Waals surface area contributed by atoms with Crippen LogP contribution in [0.3, 0.4) is 0 Å². The number of amides is 1. The van der Waals surface area contributed by atoms with Crippen LogP contribution >= 0.6 is 0 Å². The van der Waals surface area contributed by atoms with Gasteiger partial charge in [-0.1, -0.05) is 13.8 Å². The number of hydrogen-bond acceptors (Lipinski definition) is 5. The monoisotopic (exact) mass is 283 g/mol. The lowest BCUT2D eigenvalue weighted by atomic mass is 9.95. The molecular formula is C12H21N5O3. The molecule has 0 radical (unpaired) electrons. The minimum atomic E-state index is -1.08. The van der Waals surface area contributed by atoms with Gasteiger partial charge in [0.15, 0.2) is 0 Å². The number of imidazole rings is 1. The van der Waals surface area contributed by atoms with Crippen LogP contribution in [0.25, 0.3) is 0 Å². The fourth-order valence-corrected chi connectivity index (χ4v) is 1.82. The van der Waals surface area contributed by atoms with Crippen LogP contribution in [-0.2, 0) is 16.0 Å². The van der Waals surface area contributed by atoms with Gasteiger partial charge in [0.25, 0.3) is 0 Å². The van der Waals surface area contributed by atoms with Crippen LogP contribution in [0.15, 0.2) is 12.5 Å². The summed E-state index contributed by atoms with van der Waals surface area (Å²) in [6.45, 7) is 3.68. The Labute approximate surface area is 116 Å². The van der Waals surface area contributed by atoms with Crippen molar-refractivity contribution < 1.29 is 14.7 Å². The molecule has 8 nitrogen and oxygen atoms in total. The Balaban J connectivity index is 2.81. The Kier molecular flexibility index (Phi) is 5.66. The number of nitrogens with zero attached hydrogens (tertiary/aromatic N) is 1. The van der Waals surface area contributed by atoms with Gasteiger partial charge in [-0.2, -0.15) is 0 Å². The third-order valence-corrected chi connectivity index (χ3v) is 3.12. The summed E-state index contributed by atoms with van der Waals surface area (Å²) < 4.78 is 0. The molecule has 0 aliphatic heterocycles. The molecule has 1 aromatic rings. The van der Waals surface area contributed by atoms with E-state index >= 15 is 0 Å². The quantitative estimate of drug-likeness (QED) is 0.406. The van der Waals surface area contributed by atoms with E-state index in [1.165, 1.54) is 12.5 Å². The number of rotatable bonds is 8. The van der Waals surface area contributed by atoms with Crippen LogP contribution in [0.5, 0.6) is 0 Å². The van der Waals surface area contributed by atoms with Gasteiger partial charge in [-0.3, -0.25) is 14.9 Å². The van der Waals surface area contributed by atoms with Crippen molar-refractivity contribution >= 4 is 11.9 Å². The van der Waals surface area contributed by atoms with Crippen LogP contribution in [-0.4, -0.2) is 45.1 Å². The molecule has 20 heavy (non-hydrogen) atoms. The number of hydrogen-bond donors (Lipinski definition) is 5. The molecule has 1 aromatic heterocycles. The van der Waals surface area contributed by atoms with Crippen molar-refractivity contribution in [2.75, 3.05) is 0 Å². The van der Waals surface area contributed by atoms with Gasteiger partial charge < -0.3 is 21.6 Å². The van der Waals surface area contributed by atoms with E-state index in [4.69, 9.17) is 11.5 Å². The number of aromatic amines is 1. The molecule has 112 valence electrons. The van der Waals surface area contributed by atoms with Gasteiger partial charge in [-0.15, -0.1) is 0 Å². The summed E-state index contributed by atoms with van der Waals surface area (Å²) >= 11 is 0. The highest BCUT2D eigenvalue weighted by molar-refractivity contribution is 5.82. The smallest absolute Gasteiger partial charge is 0.321 e. The Bertz CT molecular complexity index is 446. The maximum Gasteiger partial charge on any atom is 0.321 e. The van der Waals surface area contributed by atoms with E-state index in [0.29, 0.717) is 5.69 Å². The first-order chi connectivity index (χ1) is 9.32. The molecule has 1 amide bonds. The zero-order valence-electron chi connectivity index (χ0n) is 11.5. The van der Waals surface area contributed by atoms with Crippen LogP contribution in [0.2, 0.25) is 0 Å². The summed E-state index contributed by atoms with van der Waals surface area (Å²) in [5.41, 5.74) is 11.9. The second-order valence-corrected chi connectivity index (χ2v) is 5.04. The SMILES string of the molecule is CC(C)C(N)C(NC(Cc1cnc[nH]1)C(=O)O)C(N)=O. The van der Waals surface area contributed by atoms with Crippen molar-refractivity contribution in [2.24, 2.45) is 17.4 Å². The molecule has 0 aromatic carbocycles. The number of nitrogens with one attached hydrogen (secondary N) is 2. The molecule has 7 N–H and O–H groups in total. The summed E-state index contributed by atoms with van der Waals surface area (Å²) in [5.74, 6) is -1.76. The molecule has 3 atom stereocenters. The molecule has 0 fully saturated rings. The number of carbonyl (C=O) groups is 2. The predicted molar refractivity (Wildman–Crippen MR) is 72.6 cm³/mol. The molecule has 0 aliphatic carbocycles. The first-order valence-corrected chi connectivity index (χ1v) is 6.34. The number of H-pyrrole nitrogens is 1. The van der Waals surface area contributed by atoms with Crippen molar-refractivity contribution in [2.45, 2.75) is 38.4 Å². The molecule has 1 heterocycles. The summed E-state index contributed by atoms with van der Waals surface area (Å²) in [4.78, 5) is 29.4. The second-order valence-electron chi connectivity index (χ2n) is 5.04. The summed E-state index contributed by atoms with van der Waals surface area (Å²) in [7, 11) is 0. The van der Waals surface area contributed by atoms with E-state index in [0.717, 1.165) is 0 Å². The van der Waals surface area contributed by atoms with Gasteiger partial charge in [0.2, 0.25) is 5.91 Å². The largest absolute Gasteiger partial charge is 0.480 e. The second kappa shape index (κ2) is 7.01. The number of aliphatic carboxylic acids is 1. The Morgan fingerprint density at radius 2 is 2.15 bits per heavy atom. The number of aromatic nitrogens is 2. The first kappa shape index (κ1) is 16.1. The van der Waals surface area contributed by atoms with Gasteiger partial charge in [-0.05, 0) is 5.92 Å². The van der Waals surface area contributed by atoms with Gasteiger partial charge in [0, 0.05) is 24.4 Å². The van der Waals surface area contributed by atoms with Crippen molar-refractivity contribution in [3.8, 4) is 0 Å². The highest BCUT2D eigenvalue weighted by Gasteiger charge is 2.31. The minimum absolute atomic E-state index is 0.0124. The van der Waals surface area contributed by atoms with E-state index < -0.39 is 30.0 Å². The van der Waals surface area contributed by atoms with Crippen molar-refractivity contribution in [1.29, 1.82) is 0 Å². The Hall–Kier alpha value is -1.93. The standard InChI is InChI=1S/C12H21N5O3/c1-6(2)9(13)10(11(14)18)17-8(12(19)20)3-7-4-15-5-16-7/h4-6,8-10,17H,3,13H2,1-2H3,(H2,14,18)(H,15,16)(H,19,20). The average molecular weight is 283 g/mol. The van der Waals surface area contributed by atoms with Crippen LogP contribution in [0.4, 0.5) is 0 Å². The van der Waals surface area contributed by atoms with Crippen LogP contribution in [0, 0.1) is 5.92 Å². The van der Waals surface area contributed by atoms with Gasteiger partial charge >= 0.3 is 5.97 Å². The van der Waals surface area contributed by atoms with Gasteiger partial charge in [-0.25, -0.2) is 4.98 Å². The van der Waals surface area contributed by atoms with E-state index in [9.17, 15) is 14.7 Å².